The first-order valence-electron chi connectivity index (χ1n) is 4.87. The van der Waals surface area contributed by atoms with E-state index >= 15 is 0 Å². The molecule has 0 spiro atoms. The molecule has 1 aromatic rings. The molecule has 0 amide bonds. The van der Waals surface area contributed by atoms with Crippen LogP contribution >= 0.6 is 0 Å². The van der Waals surface area contributed by atoms with E-state index in [9.17, 15) is 4.79 Å². The van der Waals surface area contributed by atoms with Gasteiger partial charge in [-0.25, -0.2) is 0 Å². The smallest absolute Gasteiger partial charge is 0.183 e. The van der Waals surface area contributed by atoms with Crippen molar-refractivity contribution in [2.45, 2.75) is 0 Å². The number of anilines is 1. The van der Waals surface area contributed by atoms with Crippen LogP contribution in [0, 0.1) is 0 Å². The van der Waals surface area contributed by atoms with Gasteiger partial charge in [-0.1, -0.05) is 18.2 Å². The SMILES string of the molecule is O=C(CO)CO.OCCNc1ccccc1. The van der Waals surface area contributed by atoms with Gasteiger partial charge in [0.25, 0.3) is 0 Å². The number of aliphatic hydroxyl groups is 3. The van der Waals surface area contributed by atoms with Gasteiger partial charge in [0.15, 0.2) is 5.78 Å². The Hall–Kier alpha value is -1.43. The number of carbonyl (C=O) groups is 1. The summed E-state index contributed by atoms with van der Waals surface area (Å²) in [4.78, 5) is 9.68. The Morgan fingerprint density at radius 3 is 2.00 bits per heavy atom. The molecule has 0 heterocycles. The molecule has 16 heavy (non-hydrogen) atoms. The minimum absolute atomic E-state index is 0.175. The molecule has 0 fully saturated rings. The number of nitrogens with one attached hydrogen (secondary N) is 1. The largest absolute Gasteiger partial charge is 0.395 e. The van der Waals surface area contributed by atoms with Crippen molar-refractivity contribution < 1.29 is 20.1 Å². The Balaban J connectivity index is 0.000000325. The van der Waals surface area contributed by atoms with E-state index in [1.807, 2.05) is 30.3 Å². The first-order valence-corrected chi connectivity index (χ1v) is 4.87. The highest BCUT2D eigenvalue weighted by Crippen LogP contribution is 2.02. The van der Waals surface area contributed by atoms with E-state index in [1.54, 1.807) is 0 Å². The average molecular weight is 227 g/mol. The Labute approximate surface area is 94.4 Å². The molecular formula is C11H17NO4. The molecule has 5 heteroatoms. The lowest BCUT2D eigenvalue weighted by molar-refractivity contribution is -0.124. The molecule has 0 saturated heterocycles. The Morgan fingerprint density at radius 1 is 1.06 bits per heavy atom. The van der Waals surface area contributed by atoms with Crippen molar-refractivity contribution in [1.29, 1.82) is 0 Å². The zero-order chi connectivity index (χ0) is 12.2. The third-order valence-electron chi connectivity index (χ3n) is 1.57. The summed E-state index contributed by atoms with van der Waals surface area (Å²) in [5.74, 6) is -0.546. The van der Waals surface area contributed by atoms with Gasteiger partial charge in [-0.05, 0) is 12.1 Å². The number of para-hydroxylation sites is 1. The number of ketones is 1. The number of benzene rings is 1. The summed E-state index contributed by atoms with van der Waals surface area (Å²) in [7, 11) is 0. The zero-order valence-corrected chi connectivity index (χ0v) is 8.97. The highest BCUT2D eigenvalue weighted by atomic mass is 16.3. The fourth-order valence-corrected chi connectivity index (χ4v) is 0.806. The van der Waals surface area contributed by atoms with Crippen LogP contribution in [0.15, 0.2) is 30.3 Å². The van der Waals surface area contributed by atoms with Crippen molar-refractivity contribution in [2.75, 3.05) is 31.7 Å². The number of Topliss-reactive ketones (excluding diaryl/α,β-unsaturated/α-hetero) is 1. The van der Waals surface area contributed by atoms with Crippen molar-refractivity contribution >= 4 is 11.5 Å². The summed E-state index contributed by atoms with van der Waals surface area (Å²) in [5, 5.41) is 27.2. The molecule has 4 N–H and O–H groups in total. The van der Waals surface area contributed by atoms with Crippen LogP contribution in [0.1, 0.15) is 0 Å². The van der Waals surface area contributed by atoms with Crippen LogP contribution in [0.4, 0.5) is 5.69 Å². The molecule has 0 atom stereocenters. The van der Waals surface area contributed by atoms with Crippen LogP contribution in [0.2, 0.25) is 0 Å². The van der Waals surface area contributed by atoms with E-state index < -0.39 is 19.0 Å². The topological polar surface area (TPSA) is 89.8 Å². The zero-order valence-electron chi connectivity index (χ0n) is 8.97. The second-order valence-electron chi connectivity index (χ2n) is 2.87. The summed E-state index contributed by atoms with van der Waals surface area (Å²) in [6.07, 6.45) is 0. The van der Waals surface area contributed by atoms with E-state index in [0.29, 0.717) is 6.54 Å². The van der Waals surface area contributed by atoms with E-state index in [-0.39, 0.29) is 6.61 Å². The van der Waals surface area contributed by atoms with Crippen molar-refractivity contribution in [1.82, 2.24) is 0 Å². The second-order valence-corrected chi connectivity index (χ2v) is 2.87. The van der Waals surface area contributed by atoms with Crippen LogP contribution in [-0.2, 0) is 4.79 Å². The number of rotatable bonds is 5. The average Bonchev–Trinajstić information content (AvgIpc) is 2.37. The van der Waals surface area contributed by atoms with Gasteiger partial charge >= 0.3 is 0 Å². The van der Waals surface area contributed by atoms with E-state index in [1.165, 1.54) is 0 Å². The minimum Gasteiger partial charge on any atom is -0.395 e. The quantitative estimate of drug-likeness (QED) is 0.551. The lowest BCUT2D eigenvalue weighted by Crippen LogP contribution is -2.07. The molecular weight excluding hydrogens is 210 g/mol. The van der Waals surface area contributed by atoms with Gasteiger partial charge in [-0.3, -0.25) is 4.79 Å². The summed E-state index contributed by atoms with van der Waals surface area (Å²) < 4.78 is 0. The third-order valence-corrected chi connectivity index (χ3v) is 1.57. The van der Waals surface area contributed by atoms with Crippen LogP contribution in [0.25, 0.3) is 0 Å². The molecule has 0 saturated carbocycles. The Bertz CT molecular complexity index is 271. The van der Waals surface area contributed by atoms with Gasteiger partial charge in [0.2, 0.25) is 0 Å². The van der Waals surface area contributed by atoms with E-state index in [0.717, 1.165) is 5.69 Å². The standard InChI is InChI=1S/C8H11NO.C3H6O3/c10-7-6-9-8-4-2-1-3-5-8;4-1-3(6)2-5/h1-5,9-10H,6-7H2;4-5H,1-2H2. The maximum atomic E-state index is 9.68. The lowest BCUT2D eigenvalue weighted by atomic mass is 10.3. The molecule has 0 unspecified atom stereocenters. The molecule has 0 aromatic heterocycles. The van der Waals surface area contributed by atoms with Crippen molar-refractivity contribution in [3.8, 4) is 0 Å². The number of aliphatic hydroxyl groups excluding tert-OH is 3. The molecule has 0 aliphatic carbocycles. The summed E-state index contributed by atoms with van der Waals surface area (Å²) in [5.41, 5.74) is 1.05. The maximum Gasteiger partial charge on any atom is 0.183 e. The lowest BCUT2D eigenvalue weighted by Gasteiger charge is -2.01. The minimum atomic E-state index is -0.559. The fourth-order valence-electron chi connectivity index (χ4n) is 0.806. The number of hydrogen-bond donors (Lipinski definition) is 4. The molecule has 1 aromatic carbocycles. The van der Waals surface area contributed by atoms with Gasteiger partial charge in [0.1, 0.15) is 13.2 Å². The van der Waals surface area contributed by atoms with Gasteiger partial charge < -0.3 is 20.6 Å². The summed E-state index contributed by atoms with van der Waals surface area (Å²) in [6.45, 7) is -0.327. The van der Waals surface area contributed by atoms with Crippen LogP contribution in [-0.4, -0.2) is 47.5 Å². The van der Waals surface area contributed by atoms with Gasteiger partial charge in [0, 0.05) is 12.2 Å². The normalized spacial score (nSPS) is 8.94. The van der Waals surface area contributed by atoms with Crippen LogP contribution < -0.4 is 5.32 Å². The van der Waals surface area contributed by atoms with Crippen molar-refractivity contribution in [2.24, 2.45) is 0 Å². The highest BCUT2D eigenvalue weighted by Gasteiger charge is 1.90. The monoisotopic (exact) mass is 227 g/mol. The number of carbonyl (C=O) groups excluding carboxylic acids is 1. The van der Waals surface area contributed by atoms with E-state index in [2.05, 4.69) is 5.32 Å². The molecule has 0 aliphatic heterocycles. The molecule has 0 aliphatic rings. The van der Waals surface area contributed by atoms with Gasteiger partial charge in [-0.2, -0.15) is 0 Å². The van der Waals surface area contributed by atoms with Crippen molar-refractivity contribution in [3.63, 3.8) is 0 Å². The van der Waals surface area contributed by atoms with Gasteiger partial charge in [0.05, 0.1) is 6.61 Å². The fraction of sp³-hybridized carbons (Fsp3) is 0.364. The second kappa shape index (κ2) is 10.1. The molecule has 5 nitrogen and oxygen atoms in total. The first kappa shape index (κ1) is 14.6. The molecule has 1 rings (SSSR count). The van der Waals surface area contributed by atoms with Gasteiger partial charge in [-0.15, -0.1) is 0 Å². The predicted octanol–water partition coefficient (Wildman–Crippen LogP) is -0.369. The predicted molar refractivity (Wildman–Crippen MR) is 61.2 cm³/mol. The summed E-state index contributed by atoms with van der Waals surface area (Å²) in [6, 6.07) is 9.81. The van der Waals surface area contributed by atoms with Crippen molar-refractivity contribution in [3.05, 3.63) is 30.3 Å². The van der Waals surface area contributed by atoms with E-state index in [4.69, 9.17) is 15.3 Å². The first-order chi connectivity index (χ1) is 7.74. The Kier molecular flexibility index (Phi) is 9.20. The summed E-state index contributed by atoms with van der Waals surface area (Å²) >= 11 is 0. The Morgan fingerprint density at radius 2 is 1.62 bits per heavy atom. The van der Waals surface area contributed by atoms with Crippen LogP contribution in [0.5, 0.6) is 0 Å². The highest BCUT2D eigenvalue weighted by molar-refractivity contribution is 5.80. The number of hydrogen-bond acceptors (Lipinski definition) is 5. The maximum absolute atomic E-state index is 9.68. The third kappa shape index (κ3) is 7.93. The molecule has 90 valence electrons. The molecule has 0 bridgehead atoms. The van der Waals surface area contributed by atoms with Crippen LogP contribution in [0.3, 0.4) is 0 Å². The molecule has 0 radical (unpaired) electrons.